The molecule has 0 atom stereocenters. The van der Waals surface area contributed by atoms with Crippen molar-refractivity contribution >= 4 is 24.0 Å². The normalized spacial score (nSPS) is 10.4. The summed E-state index contributed by atoms with van der Waals surface area (Å²) in [5.41, 5.74) is 4.82. The number of halogens is 1. The number of nitrogens with one attached hydrogen (secondary N) is 1. The zero-order valence-electron chi connectivity index (χ0n) is 12.6. The molecule has 3 N–H and O–H groups in total. The lowest BCUT2D eigenvalue weighted by molar-refractivity contribution is -0.385. The SMILES string of the molecule is COc1cc(OCC(=O)NC(C)(C)CN)ccc1[N+](=O)[O-].Cl. The molecule has 0 aliphatic rings. The maximum absolute atomic E-state index is 11.7. The van der Waals surface area contributed by atoms with Crippen molar-refractivity contribution in [1.29, 1.82) is 0 Å². The molecule has 0 saturated heterocycles. The lowest BCUT2D eigenvalue weighted by atomic mass is 10.1. The molecule has 0 fully saturated rings. The van der Waals surface area contributed by atoms with E-state index < -0.39 is 10.5 Å². The second-order valence-corrected chi connectivity index (χ2v) is 5.02. The van der Waals surface area contributed by atoms with E-state index in [-0.39, 0.29) is 36.4 Å². The Morgan fingerprint density at radius 3 is 2.59 bits per heavy atom. The molecule has 8 nitrogen and oxygen atoms in total. The van der Waals surface area contributed by atoms with E-state index in [4.69, 9.17) is 15.2 Å². The predicted octanol–water partition coefficient (Wildman–Crippen LogP) is 1.26. The first-order valence-corrected chi connectivity index (χ1v) is 6.25. The van der Waals surface area contributed by atoms with Crippen LogP contribution in [-0.4, -0.2) is 36.6 Å². The minimum absolute atomic E-state index is 0. The summed E-state index contributed by atoms with van der Waals surface area (Å²) < 4.78 is 10.2. The summed E-state index contributed by atoms with van der Waals surface area (Å²) in [6.45, 7) is 3.66. The van der Waals surface area contributed by atoms with E-state index in [1.807, 2.05) is 0 Å². The Morgan fingerprint density at radius 2 is 2.09 bits per heavy atom. The molecule has 0 aromatic heterocycles. The molecule has 0 radical (unpaired) electrons. The summed E-state index contributed by atoms with van der Waals surface area (Å²) >= 11 is 0. The minimum atomic E-state index is -0.556. The van der Waals surface area contributed by atoms with Crippen LogP contribution in [0.4, 0.5) is 5.69 Å². The molecule has 1 amide bonds. The Morgan fingerprint density at radius 1 is 1.45 bits per heavy atom. The van der Waals surface area contributed by atoms with Gasteiger partial charge < -0.3 is 20.5 Å². The zero-order valence-corrected chi connectivity index (χ0v) is 13.4. The highest BCUT2D eigenvalue weighted by molar-refractivity contribution is 5.85. The van der Waals surface area contributed by atoms with Crippen molar-refractivity contribution in [3.05, 3.63) is 28.3 Å². The number of nitro benzene ring substituents is 1. The molecule has 0 heterocycles. The number of hydrogen-bond acceptors (Lipinski definition) is 6. The number of rotatable bonds is 7. The fourth-order valence-corrected chi connectivity index (χ4v) is 1.51. The summed E-state index contributed by atoms with van der Waals surface area (Å²) in [7, 11) is 1.32. The van der Waals surface area contributed by atoms with Crippen molar-refractivity contribution in [3.63, 3.8) is 0 Å². The molecule has 0 bridgehead atoms. The predicted molar refractivity (Wildman–Crippen MR) is 83.7 cm³/mol. The van der Waals surface area contributed by atoms with Gasteiger partial charge in [0, 0.05) is 24.2 Å². The second kappa shape index (κ2) is 8.40. The number of ether oxygens (including phenoxy) is 2. The van der Waals surface area contributed by atoms with E-state index in [9.17, 15) is 14.9 Å². The van der Waals surface area contributed by atoms with Crippen molar-refractivity contribution in [1.82, 2.24) is 5.32 Å². The number of hydrogen-bond donors (Lipinski definition) is 2. The van der Waals surface area contributed by atoms with Gasteiger partial charge in [-0.1, -0.05) is 0 Å². The van der Waals surface area contributed by atoms with Gasteiger partial charge in [-0.3, -0.25) is 14.9 Å². The number of benzene rings is 1. The number of nitrogens with zero attached hydrogens (tertiary/aromatic N) is 1. The fraction of sp³-hybridized carbons (Fsp3) is 0.462. The van der Waals surface area contributed by atoms with Gasteiger partial charge in [0.15, 0.2) is 6.61 Å². The highest BCUT2D eigenvalue weighted by Crippen LogP contribution is 2.30. The maximum Gasteiger partial charge on any atom is 0.311 e. The second-order valence-electron chi connectivity index (χ2n) is 5.02. The van der Waals surface area contributed by atoms with Crippen LogP contribution in [0.3, 0.4) is 0 Å². The molecule has 0 aliphatic carbocycles. The van der Waals surface area contributed by atoms with Crippen LogP contribution >= 0.6 is 12.4 Å². The molecule has 0 aliphatic heterocycles. The van der Waals surface area contributed by atoms with Crippen molar-refractivity contribution in [3.8, 4) is 11.5 Å². The quantitative estimate of drug-likeness (QED) is 0.573. The van der Waals surface area contributed by atoms with Crippen LogP contribution in [-0.2, 0) is 4.79 Å². The van der Waals surface area contributed by atoms with Gasteiger partial charge in [0.1, 0.15) is 5.75 Å². The highest BCUT2D eigenvalue weighted by Gasteiger charge is 2.19. The van der Waals surface area contributed by atoms with Crippen LogP contribution in [0, 0.1) is 10.1 Å². The van der Waals surface area contributed by atoms with Gasteiger partial charge in [0.05, 0.1) is 12.0 Å². The lowest BCUT2D eigenvalue weighted by Crippen LogP contribution is -2.50. The number of carbonyl (C=O) groups excluding carboxylic acids is 1. The Hall–Kier alpha value is -2.06. The number of nitro groups is 1. The van der Waals surface area contributed by atoms with Gasteiger partial charge >= 0.3 is 5.69 Å². The van der Waals surface area contributed by atoms with Crippen molar-refractivity contribution in [2.75, 3.05) is 20.3 Å². The van der Waals surface area contributed by atoms with Crippen LogP contribution in [0.25, 0.3) is 0 Å². The summed E-state index contributed by atoms with van der Waals surface area (Å²) in [6.07, 6.45) is 0. The Balaban J connectivity index is 0.00000441. The monoisotopic (exact) mass is 333 g/mol. The Bertz CT molecular complexity index is 536. The lowest BCUT2D eigenvalue weighted by Gasteiger charge is -2.24. The van der Waals surface area contributed by atoms with E-state index in [2.05, 4.69) is 5.32 Å². The zero-order chi connectivity index (χ0) is 16.0. The molecular formula is C13H20ClN3O5. The molecular weight excluding hydrogens is 314 g/mol. The molecule has 9 heteroatoms. The summed E-state index contributed by atoms with van der Waals surface area (Å²) in [6, 6.07) is 4.03. The van der Waals surface area contributed by atoms with Crippen LogP contribution in [0.5, 0.6) is 11.5 Å². The van der Waals surface area contributed by atoms with Crippen LogP contribution < -0.4 is 20.5 Å². The van der Waals surface area contributed by atoms with E-state index in [0.717, 1.165) is 0 Å². The van der Waals surface area contributed by atoms with Gasteiger partial charge in [-0.25, -0.2) is 0 Å². The fourth-order valence-electron chi connectivity index (χ4n) is 1.51. The van der Waals surface area contributed by atoms with Gasteiger partial charge in [-0.05, 0) is 19.9 Å². The minimum Gasteiger partial charge on any atom is -0.490 e. The van der Waals surface area contributed by atoms with Crippen molar-refractivity contribution < 1.29 is 19.2 Å². The molecule has 22 heavy (non-hydrogen) atoms. The summed E-state index contributed by atoms with van der Waals surface area (Å²) in [5.74, 6) is 0.0427. The summed E-state index contributed by atoms with van der Waals surface area (Å²) in [4.78, 5) is 21.9. The van der Waals surface area contributed by atoms with E-state index in [1.165, 1.54) is 25.3 Å². The van der Waals surface area contributed by atoms with Crippen molar-refractivity contribution in [2.45, 2.75) is 19.4 Å². The van der Waals surface area contributed by atoms with Crippen LogP contribution in [0.15, 0.2) is 18.2 Å². The van der Waals surface area contributed by atoms with Gasteiger partial charge in [-0.15, -0.1) is 12.4 Å². The molecule has 1 rings (SSSR count). The first-order chi connectivity index (χ1) is 9.79. The first kappa shape index (κ1) is 19.9. The molecule has 0 unspecified atom stereocenters. The summed E-state index contributed by atoms with van der Waals surface area (Å²) in [5, 5.41) is 13.5. The highest BCUT2D eigenvalue weighted by atomic mass is 35.5. The van der Waals surface area contributed by atoms with E-state index >= 15 is 0 Å². The number of amides is 1. The third-order valence-corrected chi connectivity index (χ3v) is 2.71. The van der Waals surface area contributed by atoms with Gasteiger partial charge in [0.2, 0.25) is 5.75 Å². The third kappa shape index (κ3) is 5.74. The van der Waals surface area contributed by atoms with Gasteiger partial charge in [-0.2, -0.15) is 0 Å². The van der Waals surface area contributed by atoms with Crippen molar-refractivity contribution in [2.24, 2.45) is 5.73 Å². The van der Waals surface area contributed by atoms with E-state index in [1.54, 1.807) is 13.8 Å². The number of carbonyl (C=O) groups is 1. The molecule has 0 saturated carbocycles. The Kier molecular flexibility index (Phi) is 7.61. The smallest absolute Gasteiger partial charge is 0.311 e. The van der Waals surface area contributed by atoms with Crippen LogP contribution in [0.2, 0.25) is 0 Å². The molecule has 1 aromatic carbocycles. The largest absolute Gasteiger partial charge is 0.490 e. The standard InChI is InChI=1S/C13H19N3O5.ClH/c1-13(2,8-14)15-12(17)7-21-9-4-5-10(16(18)19)11(6-9)20-3;/h4-6H,7-8,14H2,1-3H3,(H,15,17);1H. The van der Waals surface area contributed by atoms with Crippen LogP contribution in [0.1, 0.15) is 13.8 Å². The van der Waals surface area contributed by atoms with Gasteiger partial charge in [0.25, 0.3) is 5.91 Å². The molecule has 124 valence electrons. The van der Waals surface area contributed by atoms with E-state index in [0.29, 0.717) is 12.3 Å². The average Bonchev–Trinajstić information content (AvgIpc) is 2.44. The molecule has 1 aromatic rings. The maximum atomic E-state index is 11.7. The number of nitrogens with two attached hydrogens (primary N) is 1. The third-order valence-electron chi connectivity index (χ3n) is 2.71. The average molecular weight is 334 g/mol. The number of methoxy groups -OCH3 is 1. The molecule has 0 spiro atoms. The Labute approximate surface area is 134 Å². The topological polar surface area (TPSA) is 117 Å². The first-order valence-electron chi connectivity index (χ1n) is 6.25.